The van der Waals surface area contributed by atoms with Crippen molar-refractivity contribution in [1.29, 1.82) is 0 Å². The predicted octanol–water partition coefficient (Wildman–Crippen LogP) is 5.54. The quantitative estimate of drug-likeness (QED) is 0.481. The highest BCUT2D eigenvalue weighted by atomic mass is 32.1. The maximum atomic E-state index is 4.53. The Morgan fingerprint density at radius 1 is 1.15 bits per heavy atom. The summed E-state index contributed by atoms with van der Waals surface area (Å²) in [6.45, 7) is 9.58. The minimum Gasteiger partial charge on any atom is -0.244 e. The first-order valence-corrected chi connectivity index (χ1v) is 12.7. The van der Waals surface area contributed by atoms with Gasteiger partial charge in [-0.2, -0.15) is 0 Å². The second kappa shape index (κ2) is 7.01. The third-order valence-corrected chi connectivity index (χ3v) is 9.16. The SMILES string of the molecule is CCCCCCc1cc([Si](C)(C)C)sc1-c1nccs1. The van der Waals surface area contributed by atoms with E-state index in [2.05, 4.69) is 43.0 Å². The normalized spacial score (nSPS) is 12.0. The molecule has 0 amide bonds. The van der Waals surface area contributed by atoms with E-state index in [1.165, 1.54) is 42.0 Å². The topological polar surface area (TPSA) is 12.9 Å². The van der Waals surface area contributed by atoms with Crippen LogP contribution in [0.25, 0.3) is 9.88 Å². The smallest absolute Gasteiger partial charge is 0.133 e. The number of unbranched alkanes of at least 4 members (excludes halogenated alkanes) is 3. The Labute approximate surface area is 132 Å². The van der Waals surface area contributed by atoms with Crippen LogP contribution < -0.4 is 4.50 Å². The molecule has 0 N–H and O–H groups in total. The van der Waals surface area contributed by atoms with E-state index in [0.717, 1.165) is 0 Å². The second-order valence-electron chi connectivity index (χ2n) is 6.36. The van der Waals surface area contributed by atoms with Crippen LogP contribution in [-0.4, -0.2) is 13.1 Å². The van der Waals surface area contributed by atoms with Crippen LogP contribution in [0.2, 0.25) is 19.6 Å². The average molecular weight is 324 g/mol. The van der Waals surface area contributed by atoms with Crippen LogP contribution in [0.4, 0.5) is 0 Å². The van der Waals surface area contributed by atoms with Crippen molar-refractivity contribution >= 4 is 35.2 Å². The molecule has 0 radical (unpaired) electrons. The van der Waals surface area contributed by atoms with Gasteiger partial charge in [0.2, 0.25) is 0 Å². The lowest BCUT2D eigenvalue weighted by molar-refractivity contribution is 0.668. The molecular formula is C16H25NS2Si. The molecule has 0 saturated carbocycles. The Morgan fingerprint density at radius 3 is 2.55 bits per heavy atom. The van der Waals surface area contributed by atoms with Gasteiger partial charge in [0.1, 0.15) is 5.01 Å². The van der Waals surface area contributed by atoms with E-state index >= 15 is 0 Å². The van der Waals surface area contributed by atoms with Gasteiger partial charge in [-0.15, -0.1) is 22.7 Å². The molecule has 1 nitrogen and oxygen atoms in total. The highest BCUT2D eigenvalue weighted by Gasteiger charge is 2.22. The number of aromatic nitrogens is 1. The molecule has 2 rings (SSSR count). The van der Waals surface area contributed by atoms with E-state index in [1.807, 2.05) is 17.5 Å². The van der Waals surface area contributed by atoms with Crippen molar-refractivity contribution < 1.29 is 0 Å². The van der Waals surface area contributed by atoms with Crippen LogP contribution in [-0.2, 0) is 6.42 Å². The molecule has 0 unspecified atom stereocenters. The van der Waals surface area contributed by atoms with Gasteiger partial charge in [-0.3, -0.25) is 0 Å². The summed E-state index contributed by atoms with van der Waals surface area (Å²) < 4.78 is 1.62. The second-order valence-corrected chi connectivity index (χ2v) is 13.7. The van der Waals surface area contributed by atoms with Crippen molar-refractivity contribution in [3.8, 4) is 9.88 Å². The highest BCUT2D eigenvalue weighted by molar-refractivity contribution is 7.30. The number of hydrogen-bond acceptors (Lipinski definition) is 3. The van der Waals surface area contributed by atoms with Gasteiger partial charge in [0.25, 0.3) is 0 Å². The Balaban J connectivity index is 2.21. The maximum Gasteiger partial charge on any atom is 0.133 e. The summed E-state index contributed by atoms with van der Waals surface area (Å²) in [5.41, 5.74) is 1.54. The highest BCUT2D eigenvalue weighted by Crippen LogP contribution is 2.32. The lowest BCUT2D eigenvalue weighted by Gasteiger charge is -2.12. The fraction of sp³-hybridized carbons (Fsp3) is 0.562. The van der Waals surface area contributed by atoms with Gasteiger partial charge in [0.05, 0.1) is 13.0 Å². The minimum atomic E-state index is -1.22. The molecule has 0 spiro atoms. The molecule has 0 aliphatic carbocycles. The van der Waals surface area contributed by atoms with Crippen molar-refractivity contribution in [2.45, 2.75) is 58.7 Å². The zero-order valence-corrected chi connectivity index (χ0v) is 15.7. The number of nitrogens with zero attached hydrogens (tertiary/aromatic N) is 1. The van der Waals surface area contributed by atoms with Gasteiger partial charge in [-0.1, -0.05) is 45.8 Å². The van der Waals surface area contributed by atoms with E-state index < -0.39 is 8.07 Å². The first-order valence-electron chi connectivity index (χ1n) is 7.55. The first-order chi connectivity index (χ1) is 9.52. The van der Waals surface area contributed by atoms with Crippen LogP contribution >= 0.6 is 22.7 Å². The summed E-state index contributed by atoms with van der Waals surface area (Å²) >= 11 is 3.77. The molecule has 0 fully saturated rings. The molecule has 0 bridgehead atoms. The van der Waals surface area contributed by atoms with Gasteiger partial charge in [-0.25, -0.2) is 4.98 Å². The molecule has 4 heteroatoms. The zero-order valence-electron chi connectivity index (χ0n) is 13.0. The van der Waals surface area contributed by atoms with Crippen LogP contribution in [0.3, 0.4) is 0 Å². The van der Waals surface area contributed by atoms with Crippen LogP contribution in [0.1, 0.15) is 38.2 Å². The van der Waals surface area contributed by atoms with E-state index in [1.54, 1.807) is 21.4 Å². The van der Waals surface area contributed by atoms with E-state index in [-0.39, 0.29) is 0 Å². The Bertz CT molecular complexity index is 523. The standard InChI is InChI=1S/C16H25NS2Si/c1-5-6-7-8-9-13-12-14(20(2,3)4)19-15(13)16-17-10-11-18-16/h10-12H,5-9H2,1-4H3. The van der Waals surface area contributed by atoms with E-state index in [0.29, 0.717) is 0 Å². The van der Waals surface area contributed by atoms with Gasteiger partial charge < -0.3 is 0 Å². The summed E-state index contributed by atoms with van der Waals surface area (Å²) in [7, 11) is -1.22. The molecule has 0 atom stereocenters. The largest absolute Gasteiger partial charge is 0.244 e. The molecular weight excluding hydrogens is 298 g/mol. The molecule has 2 heterocycles. The predicted molar refractivity (Wildman–Crippen MR) is 96.3 cm³/mol. The Morgan fingerprint density at radius 2 is 1.95 bits per heavy atom. The average Bonchev–Trinajstić information content (AvgIpc) is 3.02. The van der Waals surface area contributed by atoms with Gasteiger partial charge >= 0.3 is 0 Å². The van der Waals surface area contributed by atoms with Crippen LogP contribution in [0, 0.1) is 0 Å². The Kier molecular flexibility index (Phi) is 5.58. The minimum absolute atomic E-state index is 1.21. The summed E-state index contributed by atoms with van der Waals surface area (Å²) in [4.78, 5) is 5.97. The monoisotopic (exact) mass is 323 g/mol. The molecule has 0 aliphatic heterocycles. The number of aryl methyl sites for hydroxylation is 1. The zero-order chi connectivity index (χ0) is 14.6. The molecule has 2 aromatic rings. The van der Waals surface area contributed by atoms with Gasteiger partial charge in [0.15, 0.2) is 0 Å². The van der Waals surface area contributed by atoms with Crippen LogP contribution in [0.5, 0.6) is 0 Å². The van der Waals surface area contributed by atoms with Gasteiger partial charge in [-0.05, 0) is 29.0 Å². The molecule has 110 valence electrons. The van der Waals surface area contributed by atoms with Crippen molar-refractivity contribution in [1.82, 2.24) is 4.98 Å². The number of rotatable bonds is 7. The van der Waals surface area contributed by atoms with E-state index in [9.17, 15) is 0 Å². The number of thiophene rings is 1. The summed E-state index contributed by atoms with van der Waals surface area (Å²) in [5, 5.41) is 3.30. The number of thiazole rings is 1. The fourth-order valence-electron chi connectivity index (χ4n) is 2.24. The fourth-order valence-corrected chi connectivity index (χ4v) is 6.11. The summed E-state index contributed by atoms with van der Waals surface area (Å²) in [6.07, 6.45) is 8.48. The number of hydrogen-bond donors (Lipinski definition) is 0. The lowest BCUT2D eigenvalue weighted by atomic mass is 10.1. The van der Waals surface area contributed by atoms with Crippen LogP contribution in [0.15, 0.2) is 17.6 Å². The lowest BCUT2D eigenvalue weighted by Crippen LogP contribution is -2.34. The molecule has 0 aliphatic rings. The third kappa shape index (κ3) is 4.03. The molecule has 20 heavy (non-hydrogen) atoms. The van der Waals surface area contributed by atoms with E-state index in [4.69, 9.17) is 0 Å². The molecule has 2 aromatic heterocycles. The van der Waals surface area contributed by atoms with Crippen molar-refractivity contribution in [3.63, 3.8) is 0 Å². The van der Waals surface area contributed by atoms with Crippen molar-refractivity contribution in [2.75, 3.05) is 0 Å². The Hall–Kier alpha value is -0.453. The van der Waals surface area contributed by atoms with Gasteiger partial charge in [0, 0.05) is 11.6 Å². The molecule has 0 saturated heterocycles. The van der Waals surface area contributed by atoms with Crippen molar-refractivity contribution in [3.05, 3.63) is 23.2 Å². The maximum absolute atomic E-state index is 4.53. The summed E-state index contributed by atoms with van der Waals surface area (Å²) in [5.74, 6) is 0. The molecule has 0 aromatic carbocycles. The van der Waals surface area contributed by atoms with Crippen molar-refractivity contribution in [2.24, 2.45) is 0 Å². The first kappa shape index (κ1) is 15.9. The summed E-state index contributed by atoms with van der Waals surface area (Å²) in [6, 6.07) is 2.49. The third-order valence-electron chi connectivity index (χ3n) is 3.47.